The lowest BCUT2D eigenvalue weighted by atomic mass is 10.0. The maximum Gasteiger partial charge on any atom is 0.472 e. The standard InChI is InChI=1S/C89H152NO8P/c1-3-5-7-9-11-13-15-17-19-21-23-25-27-29-31-33-35-37-39-41-42-43-44-46-47-49-51-53-55-57-59-61-63-65-67-69-71-73-75-77-79-81-88(91)95-85-87(86-97-99(93,94)96-84-83-90)98-89(92)82-80-78-76-74-72-70-68-66-64-62-60-58-56-54-52-50-48-45-40-38-36-34-32-30-28-26-24-22-20-18-16-14-12-10-8-6-4-2/h6,8,12,14-15,17-18,20-21,23-24,26-27,29-30,32,36,38,45,48,52,54,58,60,64,66,87H,3-5,7,9-11,13,16,19,22,25,28,31,33-35,37,39-44,46-47,49-51,53,55-57,59,61-63,65,67-86,90H2,1-2H3,(H,93,94)/b8-6-,14-12-,17-15-,20-18-,23-21-,26-24-,29-27-,32-30-,38-36-,48-45-,54-52-,60-58-,66-64-. The number of carbonyl (C=O) groups excluding carboxylic acids is 2. The van der Waals surface area contributed by atoms with Gasteiger partial charge in [-0.3, -0.25) is 18.6 Å². The topological polar surface area (TPSA) is 134 Å². The van der Waals surface area contributed by atoms with E-state index < -0.39 is 26.5 Å². The Morgan fingerprint density at radius 1 is 0.313 bits per heavy atom. The first kappa shape index (κ1) is 94.6. The molecule has 0 aromatic rings. The van der Waals surface area contributed by atoms with E-state index in [1.54, 1.807) is 0 Å². The first-order valence-electron chi connectivity index (χ1n) is 41.0. The summed E-state index contributed by atoms with van der Waals surface area (Å²) >= 11 is 0. The summed E-state index contributed by atoms with van der Waals surface area (Å²) in [5, 5.41) is 0. The fraction of sp³-hybridized carbons (Fsp3) is 0.685. The van der Waals surface area contributed by atoms with Crippen molar-refractivity contribution in [1.82, 2.24) is 0 Å². The molecular weight excluding hydrogens is 1240 g/mol. The van der Waals surface area contributed by atoms with Crippen LogP contribution >= 0.6 is 7.82 Å². The van der Waals surface area contributed by atoms with E-state index in [1.165, 1.54) is 193 Å². The Balaban J connectivity index is 3.86. The molecule has 0 aromatic carbocycles. The molecule has 2 unspecified atom stereocenters. The third-order valence-electron chi connectivity index (χ3n) is 17.4. The Hall–Kier alpha value is -4.37. The fourth-order valence-corrected chi connectivity index (χ4v) is 12.1. The Bertz CT molecular complexity index is 2190. The van der Waals surface area contributed by atoms with Crippen LogP contribution < -0.4 is 5.73 Å². The highest BCUT2D eigenvalue weighted by Gasteiger charge is 2.26. The number of esters is 2. The van der Waals surface area contributed by atoms with E-state index in [0.717, 1.165) is 135 Å². The molecule has 566 valence electrons. The number of nitrogens with two attached hydrogens (primary N) is 1. The summed E-state index contributed by atoms with van der Waals surface area (Å²) in [6, 6.07) is 0. The molecule has 0 amide bonds. The summed E-state index contributed by atoms with van der Waals surface area (Å²) in [6.45, 7) is 3.62. The van der Waals surface area contributed by atoms with Crippen LogP contribution in [0.3, 0.4) is 0 Å². The summed E-state index contributed by atoms with van der Waals surface area (Å²) in [5.41, 5.74) is 5.41. The van der Waals surface area contributed by atoms with E-state index >= 15 is 0 Å². The highest BCUT2D eigenvalue weighted by Crippen LogP contribution is 2.43. The van der Waals surface area contributed by atoms with E-state index in [4.69, 9.17) is 24.3 Å². The monoisotopic (exact) mass is 1390 g/mol. The molecule has 0 saturated carbocycles. The second kappa shape index (κ2) is 82.6. The average Bonchev–Trinajstić information content (AvgIpc) is 1.64. The zero-order valence-corrected chi connectivity index (χ0v) is 64.8. The van der Waals surface area contributed by atoms with E-state index in [1.807, 2.05) is 0 Å². The van der Waals surface area contributed by atoms with Gasteiger partial charge in [-0.2, -0.15) is 0 Å². The number of phosphoric ester groups is 1. The van der Waals surface area contributed by atoms with Crippen LogP contribution in [0.1, 0.15) is 361 Å². The minimum absolute atomic E-state index is 0.0449. The van der Waals surface area contributed by atoms with Gasteiger partial charge in [-0.15, -0.1) is 0 Å². The molecule has 0 rings (SSSR count). The lowest BCUT2D eigenvalue weighted by molar-refractivity contribution is -0.161. The predicted molar refractivity (Wildman–Crippen MR) is 431 cm³/mol. The van der Waals surface area contributed by atoms with Gasteiger partial charge >= 0.3 is 19.8 Å². The molecule has 0 fully saturated rings. The van der Waals surface area contributed by atoms with E-state index in [2.05, 4.69) is 172 Å². The van der Waals surface area contributed by atoms with Crippen molar-refractivity contribution in [1.29, 1.82) is 0 Å². The third kappa shape index (κ3) is 82.5. The molecule has 0 spiro atoms. The van der Waals surface area contributed by atoms with Crippen molar-refractivity contribution in [3.8, 4) is 0 Å². The second-order valence-corrected chi connectivity index (χ2v) is 28.4. The second-order valence-electron chi connectivity index (χ2n) is 26.9. The minimum Gasteiger partial charge on any atom is -0.462 e. The number of rotatable bonds is 76. The van der Waals surface area contributed by atoms with Gasteiger partial charge in [-0.05, 0) is 128 Å². The number of hydrogen-bond donors (Lipinski definition) is 2. The molecule has 9 nitrogen and oxygen atoms in total. The molecule has 99 heavy (non-hydrogen) atoms. The predicted octanol–water partition coefficient (Wildman–Crippen LogP) is 27.9. The Morgan fingerprint density at radius 3 is 0.828 bits per heavy atom. The van der Waals surface area contributed by atoms with Crippen molar-refractivity contribution >= 4 is 19.8 Å². The summed E-state index contributed by atoms with van der Waals surface area (Å²) in [5.74, 6) is -0.841. The average molecular weight is 1400 g/mol. The number of carbonyl (C=O) groups is 2. The van der Waals surface area contributed by atoms with Crippen LogP contribution in [-0.2, 0) is 32.7 Å². The number of ether oxygens (including phenoxy) is 2. The number of hydrogen-bond acceptors (Lipinski definition) is 8. The molecule has 10 heteroatoms. The van der Waals surface area contributed by atoms with Crippen LogP contribution in [0, 0.1) is 0 Å². The first-order chi connectivity index (χ1) is 48.8. The van der Waals surface area contributed by atoms with Gasteiger partial charge in [-0.1, -0.05) is 377 Å². The van der Waals surface area contributed by atoms with Gasteiger partial charge in [0, 0.05) is 19.4 Å². The van der Waals surface area contributed by atoms with Gasteiger partial charge in [0.2, 0.25) is 0 Å². The maximum atomic E-state index is 12.8. The Morgan fingerprint density at radius 2 is 0.556 bits per heavy atom. The molecule has 0 radical (unpaired) electrons. The largest absolute Gasteiger partial charge is 0.472 e. The summed E-state index contributed by atoms with van der Waals surface area (Å²) in [4.78, 5) is 35.5. The molecule has 0 aliphatic heterocycles. The van der Waals surface area contributed by atoms with Crippen LogP contribution in [0.5, 0.6) is 0 Å². The lowest BCUT2D eigenvalue weighted by Crippen LogP contribution is -2.29. The van der Waals surface area contributed by atoms with Crippen LogP contribution in [0.2, 0.25) is 0 Å². The summed E-state index contributed by atoms with van der Waals surface area (Å²) in [6.07, 6.45) is 121. The lowest BCUT2D eigenvalue weighted by Gasteiger charge is -2.19. The van der Waals surface area contributed by atoms with E-state index in [0.29, 0.717) is 6.42 Å². The van der Waals surface area contributed by atoms with Crippen molar-refractivity contribution in [3.05, 3.63) is 158 Å². The van der Waals surface area contributed by atoms with Crippen molar-refractivity contribution in [2.24, 2.45) is 5.73 Å². The molecule has 0 aliphatic carbocycles. The van der Waals surface area contributed by atoms with Gasteiger partial charge in [0.25, 0.3) is 0 Å². The van der Waals surface area contributed by atoms with Crippen LogP contribution in [0.15, 0.2) is 158 Å². The molecule has 0 heterocycles. The van der Waals surface area contributed by atoms with Crippen LogP contribution in [0.4, 0.5) is 0 Å². The van der Waals surface area contributed by atoms with Gasteiger partial charge < -0.3 is 20.1 Å². The normalized spacial score (nSPS) is 13.7. The number of unbranched alkanes of at least 4 members (excludes halogenated alkanes) is 37. The van der Waals surface area contributed by atoms with Crippen molar-refractivity contribution in [2.75, 3.05) is 26.4 Å². The van der Waals surface area contributed by atoms with Gasteiger partial charge in [0.1, 0.15) is 6.61 Å². The van der Waals surface area contributed by atoms with Gasteiger partial charge in [0.05, 0.1) is 13.2 Å². The summed E-state index contributed by atoms with van der Waals surface area (Å²) < 4.78 is 33.3. The molecule has 2 atom stereocenters. The minimum atomic E-state index is -4.41. The van der Waals surface area contributed by atoms with E-state index in [9.17, 15) is 19.0 Å². The van der Waals surface area contributed by atoms with Crippen molar-refractivity contribution < 1.29 is 37.6 Å². The zero-order valence-electron chi connectivity index (χ0n) is 63.9. The molecule has 0 saturated heterocycles. The Kier molecular flexibility index (Phi) is 78.9. The highest BCUT2D eigenvalue weighted by molar-refractivity contribution is 7.47. The highest BCUT2D eigenvalue weighted by atomic mass is 31.2. The number of phosphoric acid groups is 1. The van der Waals surface area contributed by atoms with E-state index in [-0.39, 0.29) is 38.6 Å². The smallest absolute Gasteiger partial charge is 0.462 e. The summed E-state index contributed by atoms with van der Waals surface area (Å²) in [7, 11) is -4.41. The first-order valence-corrected chi connectivity index (χ1v) is 42.5. The van der Waals surface area contributed by atoms with Crippen LogP contribution in [0.25, 0.3) is 0 Å². The maximum absolute atomic E-state index is 12.8. The molecule has 0 bridgehead atoms. The Labute approximate surface area is 610 Å². The zero-order chi connectivity index (χ0) is 71.5. The fourth-order valence-electron chi connectivity index (χ4n) is 11.4. The van der Waals surface area contributed by atoms with Crippen LogP contribution in [-0.4, -0.2) is 49.3 Å². The van der Waals surface area contributed by atoms with Gasteiger partial charge in [-0.25, -0.2) is 4.57 Å². The third-order valence-corrected chi connectivity index (χ3v) is 18.4. The van der Waals surface area contributed by atoms with Gasteiger partial charge in [0.15, 0.2) is 6.10 Å². The quantitative estimate of drug-likeness (QED) is 0.0264. The SMILES string of the molecule is CC/C=C\C/C=C\C/C=C\C/C=C\C/C=C\C/C=C\C/C=C\C/C=C\C/C=C\C/C=C\CCCCCCCCC(=O)OC(COC(=O)CCCCCCCCCCCCCCCCCCCCCCCCCCCC/C=C\C/C=C\C/C=C\CCCCCCC)COP(=O)(O)OCCN. The molecule has 3 N–H and O–H groups in total. The molecule has 0 aliphatic rings. The van der Waals surface area contributed by atoms with Crippen molar-refractivity contribution in [2.45, 2.75) is 367 Å². The van der Waals surface area contributed by atoms with Crippen molar-refractivity contribution in [3.63, 3.8) is 0 Å². The molecular formula is C89H152NO8P. The number of allylic oxidation sites excluding steroid dienone is 26. The molecule has 0 aromatic heterocycles.